The summed E-state index contributed by atoms with van der Waals surface area (Å²) in [5.74, 6) is 0.582. The van der Waals surface area contributed by atoms with Crippen LogP contribution in [0.3, 0.4) is 0 Å². The zero-order valence-electron chi connectivity index (χ0n) is 10.6. The van der Waals surface area contributed by atoms with Crippen LogP contribution in [-0.4, -0.2) is 35.8 Å². The highest BCUT2D eigenvalue weighted by Gasteiger charge is 2.25. The molecule has 1 N–H and O–H groups in total. The van der Waals surface area contributed by atoms with Gasteiger partial charge in [-0.15, -0.1) is 0 Å². The van der Waals surface area contributed by atoms with Crippen molar-refractivity contribution in [2.75, 3.05) is 13.1 Å². The summed E-state index contributed by atoms with van der Waals surface area (Å²) >= 11 is 0. The van der Waals surface area contributed by atoms with Crippen LogP contribution in [0.5, 0.6) is 0 Å². The fourth-order valence-electron chi connectivity index (χ4n) is 1.49. The van der Waals surface area contributed by atoms with Crippen LogP contribution in [0.25, 0.3) is 0 Å². The van der Waals surface area contributed by atoms with Crippen molar-refractivity contribution >= 4 is 10.0 Å². The Hall–Kier alpha value is -1.90. The molecule has 0 saturated heterocycles. The van der Waals surface area contributed by atoms with Gasteiger partial charge in [-0.3, -0.25) is 0 Å². The van der Waals surface area contributed by atoms with Gasteiger partial charge in [0.05, 0.1) is 18.3 Å². The van der Waals surface area contributed by atoms with Crippen molar-refractivity contribution in [1.82, 2.24) is 14.3 Å². The number of H-pyrrole nitrogens is 1. The fourth-order valence-corrected chi connectivity index (χ4v) is 2.87. The zero-order chi connectivity index (χ0) is 14.3. The third kappa shape index (κ3) is 3.78. The average Bonchev–Trinajstić information content (AvgIpc) is 2.88. The van der Waals surface area contributed by atoms with Crippen LogP contribution in [0.1, 0.15) is 25.6 Å². The van der Waals surface area contributed by atoms with Gasteiger partial charge in [-0.05, 0) is 0 Å². The van der Waals surface area contributed by atoms with Crippen molar-refractivity contribution in [1.29, 1.82) is 10.5 Å². The standard InChI is InChI=1S/C11H15N5O2S/c1-2-10-14-9-11(15-10)19(17,18)16(7-3-5-12)8-4-6-13/h9H,2-4,7-8H2,1H3,(H,14,15). The average molecular weight is 281 g/mol. The van der Waals surface area contributed by atoms with E-state index in [0.29, 0.717) is 12.2 Å². The molecular formula is C11H15N5O2S. The Bertz CT molecular complexity index is 575. The second-order valence-corrected chi connectivity index (χ2v) is 5.67. The number of sulfonamides is 1. The van der Waals surface area contributed by atoms with E-state index in [4.69, 9.17) is 10.5 Å². The van der Waals surface area contributed by atoms with E-state index in [0.717, 1.165) is 4.31 Å². The van der Waals surface area contributed by atoms with Crippen LogP contribution in [0.2, 0.25) is 0 Å². The topological polar surface area (TPSA) is 114 Å². The molecule has 8 heteroatoms. The summed E-state index contributed by atoms with van der Waals surface area (Å²) in [6, 6.07) is 3.80. The van der Waals surface area contributed by atoms with Crippen molar-refractivity contribution in [3.63, 3.8) is 0 Å². The molecule has 0 radical (unpaired) electrons. The lowest BCUT2D eigenvalue weighted by molar-refractivity contribution is 0.423. The molecule has 102 valence electrons. The first-order valence-corrected chi connectivity index (χ1v) is 7.28. The number of nitrogens with one attached hydrogen (secondary N) is 1. The van der Waals surface area contributed by atoms with Gasteiger partial charge in [0.15, 0.2) is 5.03 Å². The van der Waals surface area contributed by atoms with E-state index in [2.05, 4.69) is 9.97 Å². The summed E-state index contributed by atoms with van der Waals surface area (Å²) < 4.78 is 25.7. The minimum atomic E-state index is -3.72. The lowest BCUT2D eigenvalue weighted by Gasteiger charge is -2.18. The van der Waals surface area contributed by atoms with Crippen molar-refractivity contribution in [3.8, 4) is 12.1 Å². The number of imidazole rings is 1. The molecule has 0 unspecified atom stereocenters. The van der Waals surface area contributed by atoms with Crippen molar-refractivity contribution < 1.29 is 8.42 Å². The van der Waals surface area contributed by atoms with Crippen LogP contribution < -0.4 is 0 Å². The summed E-state index contributed by atoms with van der Waals surface area (Å²) in [7, 11) is -3.72. The molecule has 0 saturated carbocycles. The van der Waals surface area contributed by atoms with Crippen LogP contribution in [-0.2, 0) is 16.4 Å². The molecular weight excluding hydrogens is 266 g/mol. The van der Waals surface area contributed by atoms with Gasteiger partial charge in [0, 0.05) is 32.4 Å². The van der Waals surface area contributed by atoms with Crippen LogP contribution in [0.4, 0.5) is 0 Å². The minimum absolute atomic E-state index is 0.000213. The van der Waals surface area contributed by atoms with Gasteiger partial charge in [-0.25, -0.2) is 13.4 Å². The second kappa shape index (κ2) is 6.88. The van der Waals surface area contributed by atoms with E-state index in [1.165, 1.54) is 6.20 Å². The molecule has 1 aromatic heterocycles. The minimum Gasteiger partial charge on any atom is -0.332 e. The zero-order valence-corrected chi connectivity index (χ0v) is 11.4. The monoisotopic (exact) mass is 281 g/mol. The molecule has 0 aliphatic heterocycles. The summed E-state index contributed by atoms with van der Waals surface area (Å²) in [5, 5.41) is 17.1. The molecule has 0 atom stereocenters. The third-order valence-electron chi connectivity index (χ3n) is 2.50. The maximum atomic E-state index is 12.3. The molecule has 0 fully saturated rings. The first-order valence-electron chi connectivity index (χ1n) is 5.84. The fraction of sp³-hybridized carbons (Fsp3) is 0.545. The number of aromatic amines is 1. The van der Waals surface area contributed by atoms with E-state index >= 15 is 0 Å². The quantitative estimate of drug-likeness (QED) is 0.793. The third-order valence-corrected chi connectivity index (χ3v) is 4.31. The van der Waals surface area contributed by atoms with Gasteiger partial charge in [0.1, 0.15) is 5.82 Å². The molecule has 0 aliphatic rings. The highest BCUT2D eigenvalue weighted by atomic mass is 32.2. The molecule has 0 aromatic carbocycles. The van der Waals surface area contributed by atoms with Gasteiger partial charge >= 0.3 is 0 Å². The lowest BCUT2D eigenvalue weighted by Crippen LogP contribution is -2.33. The van der Waals surface area contributed by atoms with Crippen molar-refractivity contribution in [3.05, 3.63) is 12.0 Å². The Morgan fingerprint density at radius 2 is 1.89 bits per heavy atom. The van der Waals surface area contributed by atoms with Gasteiger partial charge in [0.2, 0.25) is 0 Å². The van der Waals surface area contributed by atoms with Gasteiger partial charge < -0.3 is 4.98 Å². The molecule has 1 aromatic rings. The number of aryl methyl sites for hydroxylation is 1. The van der Waals surface area contributed by atoms with Crippen molar-refractivity contribution in [2.24, 2.45) is 0 Å². The van der Waals surface area contributed by atoms with E-state index in [1.54, 1.807) is 0 Å². The number of nitrogens with zero attached hydrogens (tertiary/aromatic N) is 4. The predicted octanol–water partition coefficient (Wildman–Crippen LogP) is 0.790. The molecule has 0 aliphatic carbocycles. The van der Waals surface area contributed by atoms with E-state index in [-0.39, 0.29) is 31.0 Å². The van der Waals surface area contributed by atoms with Crippen LogP contribution in [0, 0.1) is 22.7 Å². The SMILES string of the molecule is CCc1ncc(S(=O)(=O)N(CCC#N)CCC#N)[nH]1. The molecule has 7 nitrogen and oxygen atoms in total. The summed E-state index contributed by atoms with van der Waals surface area (Å²) in [6.45, 7) is 2.00. The number of nitriles is 2. The Morgan fingerprint density at radius 1 is 1.32 bits per heavy atom. The lowest BCUT2D eigenvalue weighted by atomic mass is 10.4. The number of rotatable bonds is 7. The van der Waals surface area contributed by atoms with Gasteiger partial charge in [-0.1, -0.05) is 6.92 Å². The molecule has 0 spiro atoms. The predicted molar refractivity (Wildman–Crippen MR) is 67.2 cm³/mol. The number of aromatic nitrogens is 2. The molecule has 19 heavy (non-hydrogen) atoms. The highest BCUT2D eigenvalue weighted by Crippen LogP contribution is 2.14. The first kappa shape index (κ1) is 15.2. The molecule has 0 bridgehead atoms. The first-order chi connectivity index (χ1) is 9.06. The Labute approximate surface area is 112 Å². The van der Waals surface area contributed by atoms with Crippen LogP contribution >= 0.6 is 0 Å². The summed E-state index contributed by atoms with van der Waals surface area (Å²) in [5.41, 5.74) is 0. The Morgan fingerprint density at radius 3 is 2.32 bits per heavy atom. The Kier molecular flexibility index (Phi) is 5.49. The highest BCUT2D eigenvalue weighted by molar-refractivity contribution is 7.89. The Balaban J connectivity index is 2.98. The normalized spacial score (nSPS) is 11.2. The maximum Gasteiger partial charge on any atom is 0.260 e. The largest absolute Gasteiger partial charge is 0.332 e. The smallest absolute Gasteiger partial charge is 0.260 e. The number of hydrogen-bond donors (Lipinski definition) is 1. The van der Waals surface area contributed by atoms with Crippen molar-refractivity contribution in [2.45, 2.75) is 31.2 Å². The summed E-state index contributed by atoms with van der Waals surface area (Å²) in [4.78, 5) is 6.68. The molecule has 1 heterocycles. The van der Waals surface area contributed by atoms with Crippen LogP contribution in [0.15, 0.2) is 11.2 Å². The maximum absolute atomic E-state index is 12.3. The van der Waals surface area contributed by atoms with Gasteiger partial charge in [-0.2, -0.15) is 14.8 Å². The second-order valence-electron chi connectivity index (χ2n) is 3.77. The summed E-state index contributed by atoms with van der Waals surface area (Å²) in [6.07, 6.45) is 2.03. The molecule has 1 rings (SSSR count). The van der Waals surface area contributed by atoms with E-state index < -0.39 is 10.0 Å². The van der Waals surface area contributed by atoms with Gasteiger partial charge in [0.25, 0.3) is 10.0 Å². The number of hydrogen-bond acceptors (Lipinski definition) is 5. The van der Waals surface area contributed by atoms with E-state index in [9.17, 15) is 8.42 Å². The van der Waals surface area contributed by atoms with E-state index in [1.807, 2.05) is 19.1 Å². The molecule has 0 amide bonds.